The molecule has 0 bridgehead atoms. The second-order valence-corrected chi connectivity index (χ2v) is 8.15. The molecule has 1 aliphatic rings. The van der Waals surface area contributed by atoms with Crippen LogP contribution in [0.1, 0.15) is 21.7 Å². The van der Waals surface area contributed by atoms with Crippen molar-refractivity contribution in [2.45, 2.75) is 25.5 Å². The molecule has 0 amide bonds. The maximum Gasteiger partial charge on any atom is 0.205 e. The highest BCUT2D eigenvalue weighted by Crippen LogP contribution is 2.20. The zero-order chi connectivity index (χ0) is 19.3. The van der Waals surface area contributed by atoms with Gasteiger partial charge in [0.05, 0.1) is 6.10 Å². The Morgan fingerprint density at radius 1 is 1.11 bits per heavy atom. The lowest BCUT2D eigenvalue weighted by Gasteiger charge is -2.30. The number of aliphatic hydroxyl groups excluding tert-OH is 1. The van der Waals surface area contributed by atoms with E-state index >= 15 is 0 Å². The Balaban J connectivity index is 1.24. The summed E-state index contributed by atoms with van der Waals surface area (Å²) in [6.45, 7) is 2.91. The van der Waals surface area contributed by atoms with Gasteiger partial charge in [-0.05, 0) is 35.2 Å². The van der Waals surface area contributed by atoms with Crippen molar-refractivity contribution in [1.29, 1.82) is 0 Å². The lowest BCUT2D eigenvalue weighted by molar-refractivity contribution is 0.114. The van der Waals surface area contributed by atoms with E-state index in [0.717, 1.165) is 30.1 Å². The van der Waals surface area contributed by atoms with Gasteiger partial charge in [-0.15, -0.1) is 10.2 Å². The van der Waals surface area contributed by atoms with E-state index in [-0.39, 0.29) is 5.82 Å². The molecule has 1 aliphatic heterocycles. The third kappa shape index (κ3) is 4.92. The first kappa shape index (κ1) is 19.0. The average Bonchev–Trinajstić information content (AvgIpc) is 3.15. The molecule has 3 aromatic rings. The molecule has 7 heteroatoms. The van der Waals surface area contributed by atoms with E-state index in [4.69, 9.17) is 0 Å². The van der Waals surface area contributed by atoms with Crippen LogP contribution in [0.3, 0.4) is 0 Å². The Bertz CT molecular complexity index is 915. The van der Waals surface area contributed by atoms with Gasteiger partial charge in [0.2, 0.25) is 5.13 Å². The van der Waals surface area contributed by atoms with Gasteiger partial charge in [-0.1, -0.05) is 47.7 Å². The zero-order valence-electron chi connectivity index (χ0n) is 15.5. The SMILES string of the molecule is OC(CNc1nnc(Cc2ccc(F)cc2)s1)CN1CCc2ccccc2C1. The Morgan fingerprint density at radius 2 is 1.89 bits per heavy atom. The highest BCUT2D eigenvalue weighted by atomic mass is 32.1. The first-order valence-electron chi connectivity index (χ1n) is 9.43. The Labute approximate surface area is 167 Å². The summed E-state index contributed by atoms with van der Waals surface area (Å²) in [6.07, 6.45) is 1.17. The number of anilines is 1. The van der Waals surface area contributed by atoms with Crippen molar-refractivity contribution in [1.82, 2.24) is 15.1 Å². The van der Waals surface area contributed by atoms with Crippen molar-refractivity contribution in [2.75, 3.05) is 25.0 Å². The van der Waals surface area contributed by atoms with Crippen LogP contribution in [-0.2, 0) is 19.4 Å². The van der Waals surface area contributed by atoms with Gasteiger partial charge >= 0.3 is 0 Å². The molecule has 2 N–H and O–H groups in total. The summed E-state index contributed by atoms with van der Waals surface area (Å²) in [5.74, 6) is -0.241. The molecular formula is C21H23FN4OS. The third-order valence-electron chi connectivity index (χ3n) is 4.90. The van der Waals surface area contributed by atoms with Crippen LogP contribution in [0.2, 0.25) is 0 Å². The number of nitrogens with zero attached hydrogens (tertiary/aromatic N) is 3. The lowest BCUT2D eigenvalue weighted by Crippen LogP contribution is -2.39. The lowest BCUT2D eigenvalue weighted by atomic mass is 10.00. The van der Waals surface area contributed by atoms with E-state index < -0.39 is 6.10 Å². The van der Waals surface area contributed by atoms with Crippen molar-refractivity contribution in [3.05, 3.63) is 76.0 Å². The Hall–Kier alpha value is -2.35. The third-order valence-corrected chi connectivity index (χ3v) is 5.78. The van der Waals surface area contributed by atoms with Crippen molar-refractivity contribution >= 4 is 16.5 Å². The summed E-state index contributed by atoms with van der Waals surface area (Å²) >= 11 is 1.46. The predicted octanol–water partition coefficient (Wildman–Crippen LogP) is 3.10. The number of benzene rings is 2. The van der Waals surface area contributed by atoms with Crippen LogP contribution in [0.15, 0.2) is 48.5 Å². The summed E-state index contributed by atoms with van der Waals surface area (Å²) in [5.41, 5.74) is 3.76. The molecule has 28 heavy (non-hydrogen) atoms. The second-order valence-electron chi connectivity index (χ2n) is 7.09. The van der Waals surface area contributed by atoms with Crippen LogP contribution < -0.4 is 5.32 Å². The fourth-order valence-corrected chi connectivity index (χ4v) is 4.23. The van der Waals surface area contributed by atoms with Crippen LogP contribution in [0.25, 0.3) is 0 Å². The molecule has 0 aliphatic carbocycles. The minimum atomic E-state index is -0.477. The quantitative estimate of drug-likeness (QED) is 0.640. The first-order chi connectivity index (χ1) is 13.7. The number of hydrogen-bond acceptors (Lipinski definition) is 6. The monoisotopic (exact) mass is 398 g/mol. The minimum Gasteiger partial charge on any atom is -0.390 e. The molecule has 2 heterocycles. The first-order valence-corrected chi connectivity index (χ1v) is 10.3. The minimum absolute atomic E-state index is 0.241. The summed E-state index contributed by atoms with van der Waals surface area (Å²) < 4.78 is 13.0. The molecule has 2 aromatic carbocycles. The summed E-state index contributed by atoms with van der Waals surface area (Å²) in [7, 11) is 0. The summed E-state index contributed by atoms with van der Waals surface area (Å²) in [4.78, 5) is 2.29. The number of hydrogen-bond donors (Lipinski definition) is 2. The maximum absolute atomic E-state index is 13.0. The molecule has 0 saturated heterocycles. The van der Waals surface area contributed by atoms with Crippen LogP contribution in [0, 0.1) is 5.82 Å². The van der Waals surface area contributed by atoms with Gasteiger partial charge in [0.1, 0.15) is 10.8 Å². The van der Waals surface area contributed by atoms with Crippen LogP contribution in [0.5, 0.6) is 0 Å². The van der Waals surface area contributed by atoms with Gasteiger partial charge in [0.15, 0.2) is 0 Å². The molecule has 1 aromatic heterocycles. The molecule has 4 rings (SSSR count). The molecular weight excluding hydrogens is 375 g/mol. The van der Waals surface area contributed by atoms with Gasteiger partial charge in [0.25, 0.3) is 0 Å². The van der Waals surface area contributed by atoms with Crippen molar-refractivity contribution in [2.24, 2.45) is 0 Å². The number of aromatic nitrogens is 2. The zero-order valence-corrected chi connectivity index (χ0v) is 16.3. The molecule has 0 spiro atoms. The van der Waals surface area contributed by atoms with E-state index in [2.05, 4.69) is 44.7 Å². The molecule has 0 radical (unpaired) electrons. The smallest absolute Gasteiger partial charge is 0.205 e. The van der Waals surface area contributed by atoms with Gasteiger partial charge in [-0.25, -0.2) is 4.39 Å². The van der Waals surface area contributed by atoms with Crippen LogP contribution >= 0.6 is 11.3 Å². The van der Waals surface area contributed by atoms with Crippen molar-refractivity contribution in [3.63, 3.8) is 0 Å². The maximum atomic E-state index is 13.0. The summed E-state index contributed by atoms with van der Waals surface area (Å²) in [5, 5.41) is 23.4. The van der Waals surface area contributed by atoms with E-state index in [1.807, 2.05) is 0 Å². The van der Waals surface area contributed by atoms with Crippen LogP contribution in [-0.4, -0.2) is 45.9 Å². The highest BCUT2D eigenvalue weighted by molar-refractivity contribution is 7.15. The molecule has 1 unspecified atom stereocenters. The van der Waals surface area contributed by atoms with Gasteiger partial charge in [0, 0.05) is 32.6 Å². The van der Waals surface area contributed by atoms with Gasteiger partial charge < -0.3 is 10.4 Å². The molecule has 0 fully saturated rings. The van der Waals surface area contributed by atoms with Crippen molar-refractivity contribution < 1.29 is 9.50 Å². The molecule has 1 atom stereocenters. The highest BCUT2D eigenvalue weighted by Gasteiger charge is 2.18. The standard InChI is InChI=1S/C21H23FN4OS/c22-18-7-5-15(6-8-18)11-20-24-25-21(28-20)23-12-19(27)14-26-10-9-16-3-1-2-4-17(16)13-26/h1-8,19,27H,9-14H2,(H,23,25). The summed E-state index contributed by atoms with van der Waals surface area (Å²) in [6, 6.07) is 14.9. The number of aliphatic hydroxyl groups is 1. The number of fused-ring (bicyclic) bond motifs is 1. The predicted molar refractivity (Wildman–Crippen MR) is 109 cm³/mol. The van der Waals surface area contributed by atoms with Gasteiger partial charge in [-0.2, -0.15) is 0 Å². The molecule has 5 nitrogen and oxygen atoms in total. The second kappa shape index (κ2) is 8.77. The molecule has 146 valence electrons. The topological polar surface area (TPSA) is 61.3 Å². The fraction of sp³-hybridized carbons (Fsp3) is 0.333. The van der Waals surface area contributed by atoms with E-state index in [9.17, 15) is 9.50 Å². The van der Waals surface area contributed by atoms with E-state index in [1.165, 1.54) is 34.6 Å². The number of β-amino-alcohol motifs (C(OH)–C–C–N with tert-alkyl or cyclic N) is 1. The number of rotatable bonds is 7. The number of halogens is 1. The Kier molecular flexibility index (Phi) is 5.95. The average molecular weight is 399 g/mol. The molecule has 0 saturated carbocycles. The number of nitrogens with one attached hydrogen (secondary N) is 1. The van der Waals surface area contributed by atoms with Crippen LogP contribution in [0.4, 0.5) is 9.52 Å². The fourth-order valence-electron chi connectivity index (χ4n) is 3.45. The van der Waals surface area contributed by atoms with E-state index in [1.54, 1.807) is 12.1 Å². The van der Waals surface area contributed by atoms with E-state index in [0.29, 0.717) is 24.6 Å². The largest absolute Gasteiger partial charge is 0.390 e. The Morgan fingerprint density at radius 3 is 2.71 bits per heavy atom. The normalized spacial score (nSPS) is 15.2. The van der Waals surface area contributed by atoms with Crippen molar-refractivity contribution in [3.8, 4) is 0 Å². The van der Waals surface area contributed by atoms with Gasteiger partial charge in [-0.3, -0.25) is 4.90 Å².